The second-order valence-corrected chi connectivity index (χ2v) is 7.10. The number of nitrogen functional groups attached to an aromatic ring is 1. The molecule has 0 atom stereocenters. The second-order valence-electron chi connectivity index (χ2n) is 4.48. The van der Waals surface area contributed by atoms with Gasteiger partial charge in [0.25, 0.3) is 0 Å². The fourth-order valence-corrected chi connectivity index (χ4v) is 3.01. The van der Waals surface area contributed by atoms with Crippen LogP contribution in [-0.4, -0.2) is 13.5 Å². The van der Waals surface area contributed by atoms with Crippen LogP contribution in [0.2, 0.25) is 0 Å². The Kier molecular flexibility index (Phi) is 5.00. The van der Waals surface area contributed by atoms with Gasteiger partial charge in [-0.25, -0.2) is 13.1 Å². The van der Waals surface area contributed by atoms with Crippen molar-refractivity contribution in [3.63, 3.8) is 0 Å². The van der Waals surface area contributed by atoms with E-state index in [0.29, 0.717) is 10.2 Å². The molecule has 7 heteroatoms. The van der Waals surface area contributed by atoms with Gasteiger partial charge in [0.05, 0.1) is 11.5 Å². The van der Waals surface area contributed by atoms with E-state index >= 15 is 0 Å². The molecule has 5 nitrogen and oxygen atoms in total. The molecule has 2 aromatic carbocycles. The summed E-state index contributed by atoms with van der Waals surface area (Å²) in [5, 5.41) is 8.96. The summed E-state index contributed by atoms with van der Waals surface area (Å²) < 4.78 is 27.5. The van der Waals surface area contributed by atoms with E-state index < -0.39 is 10.0 Å². The molecule has 0 fully saturated rings. The topological polar surface area (TPSA) is 92.4 Å². The van der Waals surface area contributed by atoms with E-state index in [1.165, 1.54) is 12.1 Å². The van der Waals surface area contributed by atoms with Crippen LogP contribution >= 0.6 is 15.9 Å². The highest BCUT2D eigenvalue weighted by Crippen LogP contribution is 2.22. The highest BCUT2D eigenvalue weighted by Gasteiger charge is 2.14. The van der Waals surface area contributed by atoms with Gasteiger partial charge in [-0.2, -0.15) is 0 Å². The summed E-state index contributed by atoms with van der Waals surface area (Å²) in [5.41, 5.74) is 7.65. The van der Waals surface area contributed by atoms with Gasteiger partial charge in [-0.05, 0) is 45.3 Å². The number of nitrogens with two attached hydrogens (primary N) is 1. The maximum atomic E-state index is 12.2. The molecular formula is C14H15BrN2O3S. The zero-order valence-corrected chi connectivity index (χ0v) is 13.5. The first-order valence-corrected chi connectivity index (χ1v) is 8.43. The molecule has 0 aliphatic heterocycles. The highest BCUT2D eigenvalue weighted by molar-refractivity contribution is 9.10. The fraction of sp³-hybridized carbons (Fsp3) is 0.143. The minimum atomic E-state index is -3.61. The molecule has 0 saturated heterocycles. The van der Waals surface area contributed by atoms with E-state index in [2.05, 4.69) is 20.7 Å². The predicted octanol–water partition coefficient (Wildman–Crippen LogP) is 2.00. The van der Waals surface area contributed by atoms with E-state index in [-0.39, 0.29) is 18.0 Å². The molecule has 0 aliphatic carbocycles. The van der Waals surface area contributed by atoms with Crippen molar-refractivity contribution in [2.24, 2.45) is 0 Å². The summed E-state index contributed by atoms with van der Waals surface area (Å²) in [6.45, 7) is 0.133. The molecule has 0 amide bonds. The minimum Gasteiger partial charge on any atom is -0.398 e. The number of hydrogen-bond donors (Lipinski definition) is 3. The smallest absolute Gasteiger partial charge is 0.240 e. The fourth-order valence-electron chi connectivity index (χ4n) is 1.71. The van der Waals surface area contributed by atoms with Gasteiger partial charge in [-0.3, -0.25) is 0 Å². The van der Waals surface area contributed by atoms with Gasteiger partial charge in [0.15, 0.2) is 0 Å². The summed E-state index contributed by atoms with van der Waals surface area (Å²) in [5.74, 6) is 0. The second kappa shape index (κ2) is 6.57. The molecule has 0 spiro atoms. The monoisotopic (exact) mass is 370 g/mol. The Morgan fingerprint density at radius 2 is 1.71 bits per heavy atom. The van der Waals surface area contributed by atoms with Crippen LogP contribution in [0.1, 0.15) is 11.1 Å². The minimum absolute atomic E-state index is 0.0375. The van der Waals surface area contributed by atoms with Crippen LogP contribution in [0.3, 0.4) is 0 Å². The molecule has 0 heterocycles. The highest BCUT2D eigenvalue weighted by atomic mass is 79.9. The van der Waals surface area contributed by atoms with Crippen LogP contribution in [0.15, 0.2) is 51.8 Å². The molecule has 0 unspecified atom stereocenters. The Balaban J connectivity index is 2.11. The third kappa shape index (κ3) is 4.04. The van der Waals surface area contributed by atoms with Crippen molar-refractivity contribution < 1.29 is 13.5 Å². The molecule has 0 bridgehead atoms. The van der Waals surface area contributed by atoms with Gasteiger partial charge >= 0.3 is 0 Å². The number of hydrogen-bond acceptors (Lipinski definition) is 4. The molecule has 0 radical (unpaired) electrons. The van der Waals surface area contributed by atoms with Gasteiger partial charge < -0.3 is 10.8 Å². The largest absolute Gasteiger partial charge is 0.398 e. The quantitative estimate of drug-likeness (QED) is 0.701. The molecule has 2 aromatic rings. The average Bonchev–Trinajstić information content (AvgIpc) is 2.48. The van der Waals surface area contributed by atoms with Crippen molar-refractivity contribution in [2.45, 2.75) is 18.0 Å². The molecule has 4 N–H and O–H groups in total. The van der Waals surface area contributed by atoms with Crippen molar-refractivity contribution in [3.8, 4) is 0 Å². The van der Waals surface area contributed by atoms with Crippen molar-refractivity contribution in [1.29, 1.82) is 0 Å². The number of halogens is 1. The number of sulfonamides is 1. The average molecular weight is 371 g/mol. The van der Waals surface area contributed by atoms with Crippen LogP contribution in [-0.2, 0) is 23.2 Å². The Bertz CT molecular complexity index is 730. The first kappa shape index (κ1) is 16.0. The van der Waals surface area contributed by atoms with Crippen LogP contribution < -0.4 is 10.5 Å². The van der Waals surface area contributed by atoms with Gasteiger partial charge in [-0.15, -0.1) is 0 Å². The number of anilines is 1. The molecule has 112 valence electrons. The summed E-state index contributed by atoms with van der Waals surface area (Å²) in [4.78, 5) is 0.121. The van der Waals surface area contributed by atoms with Crippen molar-refractivity contribution in [2.75, 3.05) is 5.73 Å². The van der Waals surface area contributed by atoms with E-state index in [1.807, 2.05) is 0 Å². The van der Waals surface area contributed by atoms with Crippen molar-refractivity contribution in [1.82, 2.24) is 4.72 Å². The lowest BCUT2D eigenvalue weighted by atomic mass is 10.1. The molecule has 2 rings (SSSR count). The van der Waals surface area contributed by atoms with Gasteiger partial charge in [0.1, 0.15) is 0 Å². The lowest BCUT2D eigenvalue weighted by Gasteiger charge is -2.08. The number of benzene rings is 2. The third-order valence-electron chi connectivity index (χ3n) is 2.95. The van der Waals surface area contributed by atoms with E-state index in [1.54, 1.807) is 30.3 Å². The van der Waals surface area contributed by atoms with Crippen LogP contribution in [0, 0.1) is 0 Å². The molecule has 0 saturated carbocycles. The SMILES string of the molecule is Nc1cc(S(=O)(=O)NCc2ccc(CO)cc2)ccc1Br. The van der Waals surface area contributed by atoms with E-state index in [0.717, 1.165) is 11.1 Å². The Labute approximate surface area is 132 Å². The molecular weight excluding hydrogens is 356 g/mol. The third-order valence-corrected chi connectivity index (χ3v) is 5.07. The van der Waals surface area contributed by atoms with E-state index in [4.69, 9.17) is 10.8 Å². The summed E-state index contributed by atoms with van der Waals surface area (Å²) in [7, 11) is -3.61. The normalized spacial score (nSPS) is 11.5. The summed E-state index contributed by atoms with van der Waals surface area (Å²) in [6.07, 6.45) is 0. The summed E-state index contributed by atoms with van der Waals surface area (Å²) in [6, 6.07) is 11.5. The zero-order chi connectivity index (χ0) is 15.5. The predicted molar refractivity (Wildman–Crippen MR) is 84.9 cm³/mol. The van der Waals surface area contributed by atoms with Gasteiger partial charge in [-0.1, -0.05) is 24.3 Å². The van der Waals surface area contributed by atoms with Crippen molar-refractivity contribution >= 4 is 31.6 Å². The number of aliphatic hydroxyl groups excluding tert-OH is 1. The molecule has 0 aliphatic rings. The number of nitrogens with one attached hydrogen (secondary N) is 1. The standard InChI is InChI=1S/C14H15BrN2O3S/c15-13-6-5-12(7-14(13)16)21(19,20)17-8-10-1-3-11(9-18)4-2-10/h1-7,17-18H,8-9,16H2. The van der Waals surface area contributed by atoms with Crippen LogP contribution in [0.4, 0.5) is 5.69 Å². The zero-order valence-electron chi connectivity index (χ0n) is 11.1. The summed E-state index contributed by atoms with van der Waals surface area (Å²) >= 11 is 3.22. The van der Waals surface area contributed by atoms with E-state index in [9.17, 15) is 8.42 Å². The first-order chi connectivity index (χ1) is 9.92. The first-order valence-electron chi connectivity index (χ1n) is 6.16. The maximum absolute atomic E-state index is 12.2. The van der Waals surface area contributed by atoms with Crippen LogP contribution in [0.5, 0.6) is 0 Å². The van der Waals surface area contributed by atoms with Gasteiger partial charge in [0.2, 0.25) is 10.0 Å². The van der Waals surface area contributed by atoms with Crippen molar-refractivity contribution in [3.05, 3.63) is 58.1 Å². The lowest BCUT2D eigenvalue weighted by Crippen LogP contribution is -2.23. The Hall–Kier alpha value is -1.41. The lowest BCUT2D eigenvalue weighted by molar-refractivity contribution is 0.282. The number of rotatable bonds is 5. The maximum Gasteiger partial charge on any atom is 0.240 e. The number of aliphatic hydroxyl groups is 1. The molecule has 21 heavy (non-hydrogen) atoms. The van der Waals surface area contributed by atoms with Gasteiger partial charge in [0, 0.05) is 16.7 Å². The van der Waals surface area contributed by atoms with Crippen LogP contribution in [0.25, 0.3) is 0 Å². The Morgan fingerprint density at radius 3 is 2.29 bits per heavy atom. The molecule has 0 aromatic heterocycles. The Morgan fingerprint density at radius 1 is 1.10 bits per heavy atom.